The van der Waals surface area contributed by atoms with Gasteiger partial charge in [-0.15, -0.1) is 0 Å². The van der Waals surface area contributed by atoms with E-state index in [-0.39, 0.29) is 22.7 Å². The predicted octanol–water partition coefficient (Wildman–Crippen LogP) is 1.10. The van der Waals surface area contributed by atoms with Gasteiger partial charge in [-0.1, -0.05) is 0 Å². The summed E-state index contributed by atoms with van der Waals surface area (Å²) in [5.74, 6) is -1.64. The number of carboxylic acids is 1. The van der Waals surface area contributed by atoms with E-state index in [1.54, 1.807) is 4.57 Å². The summed E-state index contributed by atoms with van der Waals surface area (Å²) in [6.07, 6.45) is 3.12. The molecule has 1 aromatic heterocycles. The fourth-order valence-corrected chi connectivity index (χ4v) is 3.62. The summed E-state index contributed by atoms with van der Waals surface area (Å²) >= 11 is 0. The van der Waals surface area contributed by atoms with Crippen LogP contribution in [0.25, 0.3) is 10.9 Å². The Balaban J connectivity index is 2.03. The lowest BCUT2D eigenvalue weighted by molar-refractivity contribution is 0.0695. The molecule has 2 aliphatic rings. The number of hydrazine groups is 1. The van der Waals surface area contributed by atoms with Crippen LogP contribution in [0.15, 0.2) is 17.1 Å². The summed E-state index contributed by atoms with van der Waals surface area (Å²) in [6, 6.07) is 1.23. The van der Waals surface area contributed by atoms with Crippen LogP contribution in [0.3, 0.4) is 0 Å². The quantitative estimate of drug-likeness (QED) is 0.735. The molecular weight excluding hydrogens is 355 g/mol. The summed E-state index contributed by atoms with van der Waals surface area (Å²) in [4.78, 5) is 26.0. The van der Waals surface area contributed by atoms with Gasteiger partial charge in [-0.3, -0.25) is 15.6 Å². The molecule has 2 heterocycles. The Morgan fingerprint density at radius 2 is 1.96 bits per heavy atom. The van der Waals surface area contributed by atoms with Gasteiger partial charge in [0.05, 0.1) is 18.0 Å². The average molecular weight is 376 g/mol. The molecule has 3 N–H and O–H groups in total. The molecule has 1 saturated carbocycles. The maximum atomic E-state index is 15.1. The van der Waals surface area contributed by atoms with Gasteiger partial charge < -0.3 is 19.3 Å². The topological polar surface area (TPSA) is 95.8 Å². The van der Waals surface area contributed by atoms with Crippen LogP contribution in [-0.4, -0.2) is 48.9 Å². The number of hydrogen-bond donors (Lipinski definition) is 3. The lowest BCUT2D eigenvalue weighted by atomic mass is 10.1. The fourth-order valence-electron chi connectivity index (χ4n) is 3.62. The highest BCUT2D eigenvalue weighted by Gasteiger charge is 2.31. The Bertz CT molecular complexity index is 962. The maximum Gasteiger partial charge on any atom is 0.341 e. The smallest absolute Gasteiger partial charge is 0.341 e. The summed E-state index contributed by atoms with van der Waals surface area (Å²) in [6.45, 7) is 2.36. The molecular formula is C18H21FN4O4. The van der Waals surface area contributed by atoms with Crippen molar-refractivity contribution < 1.29 is 19.0 Å². The number of carboxylic acid groups (broad SMARTS) is 1. The van der Waals surface area contributed by atoms with Crippen molar-refractivity contribution in [3.63, 3.8) is 0 Å². The minimum absolute atomic E-state index is 0.0333. The third-order valence-corrected chi connectivity index (χ3v) is 5.03. The van der Waals surface area contributed by atoms with Crippen LogP contribution >= 0.6 is 0 Å². The second kappa shape index (κ2) is 6.82. The van der Waals surface area contributed by atoms with Gasteiger partial charge in [0.2, 0.25) is 5.43 Å². The first-order chi connectivity index (χ1) is 13.0. The third kappa shape index (κ3) is 3.02. The Morgan fingerprint density at radius 3 is 2.52 bits per heavy atom. The molecule has 0 atom stereocenters. The number of carbonyl (C=O) groups is 1. The molecule has 4 rings (SSSR count). The SMILES string of the molecule is COc1c(N2CCNNCC2)c(F)cc2c(=O)c(C(=O)O)cn(C3CC3)c12. The molecule has 0 spiro atoms. The van der Waals surface area contributed by atoms with E-state index in [1.807, 2.05) is 4.90 Å². The van der Waals surface area contributed by atoms with Crippen molar-refractivity contribution in [3.8, 4) is 5.75 Å². The van der Waals surface area contributed by atoms with Crippen LogP contribution in [-0.2, 0) is 0 Å². The first-order valence-corrected chi connectivity index (χ1v) is 8.92. The van der Waals surface area contributed by atoms with Crippen LogP contribution in [0, 0.1) is 5.82 Å². The van der Waals surface area contributed by atoms with Gasteiger partial charge in [-0.25, -0.2) is 9.18 Å². The second-order valence-corrected chi connectivity index (χ2v) is 6.79. The minimum Gasteiger partial charge on any atom is -0.492 e. The fraction of sp³-hybridized carbons (Fsp3) is 0.444. The molecule has 0 bridgehead atoms. The highest BCUT2D eigenvalue weighted by Crippen LogP contribution is 2.43. The number of aromatic carboxylic acids is 1. The number of hydrogen-bond acceptors (Lipinski definition) is 6. The zero-order valence-electron chi connectivity index (χ0n) is 14.9. The first kappa shape index (κ1) is 17.7. The second-order valence-electron chi connectivity index (χ2n) is 6.79. The lowest BCUT2D eigenvalue weighted by Gasteiger charge is -2.26. The number of nitrogens with zero attached hydrogens (tertiary/aromatic N) is 2. The maximum absolute atomic E-state index is 15.1. The van der Waals surface area contributed by atoms with Gasteiger partial charge in [-0.05, 0) is 18.9 Å². The molecule has 1 saturated heterocycles. The van der Waals surface area contributed by atoms with Crippen molar-refractivity contribution in [2.75, 3.05) is 38.2 Å². The van der Waals surface area contributed by atoms with Gasteiger partial charge in [0.25, 0.3) is 0 Å². The highest BCUT2D eigenvalue weighted by atomic mass is 19.1. The van der Waals surface area contributed by atoms with Crippen LogP contribution in [0.4, 0.5) is 10.1 Å². The number of fused-ring (bicyclic) bond motifs is 1. The molecule has 1 aliphatic carbocycles. The van der Waals surface area contributed by atoms with Crippen molar-refractivity contribution >= 4 is 22.6 Å². The van der Waals surface area contributed by atoms with Gasteiger partial charge in [0, 0.05) is 38.4 Å². The van der Waals surface area contributed by atoms with E-state index in [4.69, 9.17) is 4.74 Å². The van der Waals surface area contributed by atoms with Crippen LogP contribution in [0.2, 0.25) is 0 Å². The Morgan fingerprint density at radius 1 is 1.30 bits per heavy atom. The summed E-state index contributed by atoms with van der Waals surface area (Å²) in [7, 11) is 1.44. The normalized spacial score (nSPS) is 17.8. The number of rotatable bonds is 4. The number of halogens is 1. The Kier molecular flexibility index (Phi) is 4.48. The van der Waals surface area contributed by atoms with E-state index in [9.17, 15) is 14.7 Å². The number of pyridine rings is 1. The Hall–Kier alpha value is -2.65. The molecule has 0 radical (unpaired) electrons. The van der Waals surface area contributed by atoms with E-state index >= 15 is 4.39 Å². The van der Waals surface area contributed by atoms with Crippen molar-refractivity contribution in [2.45, 2.75) is 18.9 Å². The monoisotopic (exact) mass is 376 g/mol. The van der Waals surface area contributed by atoms with E-state index in [1.165, 1.54) is 13.3 Å². The summed E-state index contributed by atoms with van der Waals surface area (Å²) in [5, 5.41) is 9.41. The van der Waals surface area contributed by atoms with Gasteiger partial charge in [-0.2, -0.15) is 0 Å². The summed E-state index contributed by atoms with van der Waals surface area (Å²) < 4.78 is 22.4. The van der Waals surface area contributed by atoms with E-state index in [0.29, 0.717) is 37.4 Å². The van der Waals surface area contributed by atoms with Crippen LogP contribution < -0.4 is 25.9 Å². The van der Waals surface area contributed by atoms with Crippen molar-refractivity contribution in [1.82, 2.24) is 15.4 Å². The molecule has 2 aromatic rings. The highest BCUT2D eigenvalue weighted by molar-refractivity contribution is 5.97. The summed E-state index contributed by atoms with van der Waals surface area (Å²) in [5.41, 5.74) is 5.77. The van der Waals surface area contributed by atoms with Crippen molar-refractivity contribution in [1.29, 1.82) is 0 Å². The van der Waals surface area contributed by atoms with Gasteiger partial charge >= 0.3 is 5.97 Å². The number of nitrogens with one attached hydrogen (secondary N) is 2. The molecule has 8 nitrogen and oxygen atoms in total. The number of benzene rings is 1. The molecule has 1 aromatic carbocycles. The molecule has 0 unspecified atom stereocenters. The van der Waals surface area contributed by atoms with Gasteiger partial charge in [0.15, 0.2) is 11.6 Å². The number of methoxy groups -OCH3 is 1. The number of aromatic nitrogens is 1. The van der Waals surface area contributed by atoms with E-state index in [2.05, 4.69) is 10.9 Å². The molecule has 144 valence electrons. The van der Waals surface area contributed by atoms with Crippen molar-refractivity contribution in [3.05, 3.63) is 33.9 Å². The lowest BCUT2D eigenvalue weighted by Crippen LogP contribution is -2.32. The largest absolute Gasteiger partial charge is 0.492 e. The Labute approximate surface area is 154 Å². The van der Waals surface area contributed by atoms with E-state index in [0.717, 1.165) is 18.9 Å². The minimum atomic E-state index is -1.32. The average Bonchev–Trinajstić information content (AvgIpc) is 3.48. The molecule has 0 amide bonds. The molecule has 27 heavy (non-hydrogen) atoms. The van der Waals surface area contributed by atoms with Crippen LogP contribution in [0.1, 0.15) is 29.2 Å². The zero-order valence-corrected chi connectivity index (χ0v) is 14.9. The van der Waals surface area contributed by atoms with Gasteiger partial charge in [0.1, 0.15) is 11.3 Å². The molecule has 1 aliphatic heterocycles. The molecule has 2 fully saturated rings. The molecule has 9 heteroatoms. The first-order valence-electron chi connectivity index (χ1n) is 8.92. The number of anilines is 1. The van der Waals surface area contributed by atoms with Crippen molar-refractivity contribution in [2.24, 2.45) is 0 Å². The standard InChI is InChI=1S/C18H21FN4O4/c1-27-17-14-11(8-13(19)15(17)22-6-4-20-21-5-7-22)16(24)12(18(25)26)9-23(14)10-2-3-10/h8-10,20-21H,2-7H2,1H3,(H,25,26). The predicted molar refractivity (Wildman–Crippen MR) is 98.2 cm³/mol. The number of ether oxygens (including phenoxy) is 1. The third-order valence-electron chi connectivity index (χ3n) is 5.03. The van der Waals surface area contributed by atoms with Crippen LogP contribution in [0.5, 0.6) is 5.75 Å². The zero-order chi connectivity index (χ0) is 19.1. The van der Waals surface area contributed by atoms with E-state index < -0.39 is 17.2 Å².